The van der Waals surface area contributed by atoms with E-state index in [1.54, 1.807) is 0 Å². The number of rotatable bonds is 5. The average Bonchev–Trinajstić information content (AvgIpc) is 2.37. The molecule has 1 fully saturated rings. The summed E-state index contributed by atoms with van der Waals surface area (Å²) in [4.78, 5) is 0. The summed E-state index contributed by atoms with van der Waals surface area (Å²) in [6.07, 6.45) is 5.56. The Morgan fingerprint density at radius 3 is 2.94 bits per heavy atom. The van der Waals surface area contributed by atoms with E-state index in [1.165, 1.54) is 25.7 Å². The van der Waals surface area contributed by atoms with E-state index < -0.39 is 0 Å². The molecule has 0 radical (unpaired) electrons. The molecular weight excluding hydrogens is 242 g/mol. The van der Waals surface area contributed by atoms with Gasteiger partial charge in [-0.25, -0.2) is 0 Å². The molecule has 1 aromatic rings. The third kappa shape index (κ3) is 4.13. The average molecular weight is 265 g/mol. The highest BCUT2D eigenvalue weighted by Gasteiger charge is 2.18. The number of nitrogen functional groups attached to an aromatic ring is 1. The summed E-state index contributed by atoms with van der Waals surface area (Å²) in [6.45, 7) is 3.12. The van der Waals surface area contributed by atoms with Gasteiger partial charge in [-0.2, -0.15) is 11.8 Å². The summed E-state index contributed by atoms with van der Waals surface area (Å²) in [5, 5.41) is 0.838. The van der Waals surface area contributed by atoms with Crippen LogP contribution in [-0.2, 0) is 0 Å². The number of para-hydroxylation sites is 2. The SMILES string of the molecule is CC1CCCC(SCCOc2ccccc2N)C1. The van der Waals surface area contributed by atoms with Crippen molar-refractivity contribution in [3.63, 3.8) is 0 Å². The molecule has 0 bridgehead atoms. The normalized spacial score (nSPS) is 23.8. The quantitative estimate of drug-likeness (QED) is 0.646. The van der Waals surface area contributed by atoms with Gasteiger partial charge < -0.3 is 10.5 Å². The first-order chi connectivity index (χ1) is 8.75. The summed E-state index contributed by atoms with van der Waals surface area (Å²) in [6, 6.07) is 7.70. The maximum atomic E-state index is 5.83. The minimum atomic E-state index is 0.730. The Morgan fingerprint density at radius 2 is 2.17 bits per heavy atom. The molecule has 0 amide bonds. The van der Waals surface area contributed by atoms with E-state index >= 15 is 0 Å². The summed E-state index contributed by atoms with van der Waals surface area (Å²) in [5.74, 6) is 2.78. The Balaban J connectivity index is 1.65. The van der Waals surface area contributed by atoms with E-state index in [4.69, 9.17) is 10.5 Å². The van der Waals surface area contributed by atoms with Gasteiger partial charge in [-0.1, -0.05) is 31.9 Å². The van der Waals surface area contributed by atoms with Crippen molar-refractivity contribution in [1.82, 2.24) is 0 Å². The lowest BCUT2D eigenvalue weighted by molar-refractivity contribution is 0.344. The van der Waals surface area contributed by atoms with Crippen molar-refractivity contribution in [3.05, 3.63) is 24.3 Å². The van der Waals surface area contributed by atoms with Crippen LogP contribution in [0, 0.1) is 5.92 Å². The molecular formula is C15H23NOS. The first-order valence-electron chi connectivity index (χ1n) is 6.84. The van der Waals surface area contributed by atoms with Crippen molar-refractivity contribution in [3.8, 4) is 5.75 Å². The van der Waals surface area contributed by atoms with Crippen LogP contribution < -0.4 is 10.5 Å². The molecule has 0 heterocycles. The van der Waals surface area contributed by atoms with Crippen molar-refractivity contribution < 1.29 is 4.74 Å². The van der Waals surface area contributed by atoms with E-state index in [0.29, 0.717) is 0 Å². The van der Waals surface area contributed by atoms with Crippen molar-refractivity contribution in [2.45, 2.75) is 37.9 Å². The molecule has 0 spiro atoms. The van der Waals surface area contributed by atoms with Gasteiger partial charge in [0, 0.05) is 11.0 Å². The first-order valence-corrected chi connectivity index (χ1v) is 7.89. The molecule has 0 saturated heterocycles. The predicted molar refractivity (Wildman–Crippen MR) is 80.2 cm³/mol. The van der Waals surface area contributed by atoms with Crippen LogP contribution in [0.3, 0.4) is 0 Å². The smallest absolute Gasteiger partial charge is 0.142 e. The molecule has 2 nitrogen and oxygen atoms in total. The minimum absolute atomic E-state index is 0.730. The molecule has 2 rings (SSSR count). The van der Waals surface area contributed by atoms with Gasteiger partial charge in [0.25, 0.3) is 0 Å². The Kier molecular flexibility index (Phi) is 5.24. The third-order valence-electron chi connectivity index (χ3n) is 3.50. The molecule has 2 N–H and O–H groups in total. The Morgan fingerprint density at radius 1 is 1.33 bits per heavy atom. The molecule has 2 atom stereocenters. The van der Waals surface area contributed by atoms with Crippen LogP contribution in [0.4, 0.5) is 5.69 Å². The van der Waals surface area contributed by atoms with Crippen molar-refractivity contribution in [2.24, 2.45) is 5.92 Å². The zero-order valence-electron chi connectivity index (χ0n) is 11.1. The van der Waals surface area contributed by atoms with Crippen molar-refractivity contribution >= 4 is 17.4 Å². The van der Waals surface area contributed by atoms with E-state index in [1.807, 2.05) is 24.3 Å². The molecule has 1 aromatic carbocycles. The maximum Gasteiger partial charge on any atom is 0.142 e. The molecule has 0 aliphatic heterocycles. The molecule has 1 aliphatic rings. The second kappa shape index (κ2) is 6.93. The molecule has 100 valence electrons. The number of nitrogens with two attached hydrogens (primary N) is 1. The molecule has 3 heteroatoms. The summed E-state index contributed by atoms with van der Waals surface area (Å²) in [7, 11) is 0. The molecule has 18 heavy (non-hydrogen) atoms. The highest BCUT2D eigenvalue weighted by atomic mass is 32.2. The van der Waals surface area contributed by atoms with Crippen LogP contribution in [0.2, 0.25) is 0 Å². The number of hydrogen-bond donors (Lipinski definition) is 1. The second-order valence-corrected chi connectivity index (χ2v) is 6.56. The lowest BCUT2D eigenvalue weighted by Gasteiger charge is -2.26. The number of ether oxygens (including phenoxy) is 1. The van der Waals surface area contributed by atoms with E-state index in [0.717, 1.165) is 35.0 Å². The van der Waals surface area contributed by atoms with Gasteiger partial charge in [-0.3, -0.25) is 0 Å². The third-order valence-corrected chi connectivity index (χ3v) is 4.80. The standard InChI is InChI=1S/C15H23NOS/c1-12-5-4-6-13(11-12)18-10-9-17-15-8-3-2-7-14(15)16/h2-3,7-8,12-13H,4-6,9-11,16H2,1H3. The maximum absolute atomic E-state index is 5.83. The summed E-state index contributed by atoms with van der Waals surface area (Å²) >= 11 is 2.06. The van der Waals surface area contributed by atoms with Crippen LogP contribution in [0.1, 0.15) is 32.6 Å². The van der Waals surface area contributed by atoms with Crippen molar-refractivity contribution in [2.75, 3.05) is 18.1 Å². The second-order valence-electron chi connectivity index (χ2n) is 5.15. The fourth-order valence-electron chi connectivity index (χ4n) is 2.51. The molecule has 0 aromatic heterocycles. The molecule has 1 aliphatic carbocycles. The van der Waals surface area contributed by atoms with Crippen molar-refractivity contribution in [1.29, 1.82) is 0 Å². The van der Waals surface area contributed by atoms with Crippen LogP contribution in [0.25, 0.3) is 0 Å². The minimum Gasteiger partial charge on any atom is -0.491 e. The van der Waals surface area contributed by atoms with Gasteiger partial charge in [0.15, 0.2) is 0 Å². The van der Waals surface area contributed by atoms with Crippen LogP contribution in [0.15, 0.2) is 24.3 Å². The van der Waals surface area contributed by atoms with Crippen LogP contribution >= 0.6 is 11.8 Å². The monoisotopic (exact) mass is 265 g/mol. The zero-order valence-corrected chi connectivity index (χ0v) is 11.9. The number of hydrogen-bond acceptors (Lipinski definition) is 3. The number of thioether (sulfide) groups is 1. The zero-order chi connectivity index (χ0) is 12.8. The van der Waals surface area contributed by atoms with Crippen LogP contribution in [-0.4, -0.2) is 17.6 Å². The first kappa shape index (κ1) is 13.6. The summed E-state index contributed by atoms with van der Waals surface area (Å²) in [5.41, 5.74) is 6.56. The van der Waals surface area contributed by atoms with E-state index in [2.05, 4.69) is 18.7 Å². The van der Waals surface area contributed by atoms with E-state index in [-0.39, 0.29) is 0 Å². The van der Waals surface area contributed by atoms with Gasteiger partial charge in [0.2, 0.25) is 0 Å². The fourth-order valence-corrected chi connectivity index (χ4v) is 3.82. The van der Waals surface area contributed by atoms with Gasteiger partial charge in [-0.15, -0.1) is 0 Å². The van der Waals surface area contributed by atoms with Gasteiger partial charge in [0.1, 0.15) is 5.75 Å². The fraction of sp³-hybridized carbons (Fsp3) is 0.600. The Labute approximate surface area is 114 Å². The highest BCUT2D eigenvalue weighted by molar-refractivity contribution is 7.99. The number of benzene rings is 1. The van der Waals surface area contributed by atoms with Crippen LogP contribution in [0.5, 0.6) is 5.75 Å². The van der Waals surface area contributed by atoms with E-state index in [9.17, 15) is 0 Å². The lowest BCUT2D eigenvalue weighted by Crippen LogP contribution is -2.16. The number of anilines is 1. The van der Waals surface area contributed by atoms with Gasteiger partial charge >= 0.3 is 0 Å². The van der Waals surface area contributed by atoms with Gasteiger partial charge in [0.05, 0.1) is 12.3 Å². The predicted octanol–water partition coefficient (Wildman–Crippen LogP) is 3.96. The summed E-state index contributed by atoms with van der Waals surface area (Å²) < 4.78 is 5.71. The molecule has 2 unspecified atom stereocenters. The Bertz CT molecular complexity index is 369. The topological polar surface area (TPSA) is 35.2 Å². The largest absolute Gasteiger partial charge is 0.491 e. The highest BCUT2D eigenvalue weighted by Crippen LogP contribution is 2.31. The molecule has 1 saturated carbocycles. The Hall–Kier alpha value is -0.830. The lowest BCUT2D eigenvalue weighted by atomic mass is 9.91. The van der Waals surface area contributed by atoms with Gasteiger partial charge in [-0.05, 0) is 30.9 Å².